The van der Waals surface area contributed by atoms with E-state index in [4.69, 9.17) is 4.74 Å². The highest BCUT2D eigenvalue weighted by Crippen LogP contribution is 2.33. The van der Waals surface area contributed by atoms with Gasteiger partial charge in [0.15, 0.2) is 5.78 Å². The average molecular weight is 364 g/mol. The normalized spacial score (nSPS) is 11.4. The Kier molecular flexibility index (Phi) is 5.03. The number of allylic oxidation sites excluding steroid dienone is 1. The highest BCUT2D eigenvalue weighted by atomic mass is 16.5. The fraction of sp³-hybridized carbons (Fsp3) is 0.0385. The Labute approximate surface area is 164 Å². The number of carbonyl (C=O) groups excluding carboxylic acids is 1. The van der Waals surface area contributed by atoms with Gasteiger partial charge in [-0.25, -0.2) is 0 Å². The molecule has 28 heavy (non-hydrogen) atoms. The number of hydrogen-bond donors (Lipinski definition) is 0. The first-order valence-corrected chi connectivity index (χ1v) is 9.20. The van der Waals surface area contributed by atoms with Crippen LogP contribution in [-0.4, -0.2) is 12.9 Å². The number of hydrogen-bond acceptors (Lipinski definition) is 2. The molecule has 0 bridgehead atoms. The topological polar surface area (TPSA) is 26.3 Å². The quantitative estimate of drug-likeness (QED) is 0.237. The monoisotopic (exact) mass is 364 g/mol. The molecular formula is C26H20O2. The zero-order chi connectivity index (χ0) is 19.3. The molecule has 4 aromatic carbocycles. The van der Waals surface area contributed by atoms with Gasteiger partial charge in [-0.05, 0) is 34.0 Å². The lowest BCUT2D eigenvalue weighted by atomic mass is 9.91. The molecule has 0 saturated carbocycles. The van der Waals surface area contributed by atoms with Crippen molar-refractivity contribution in [2.24, 2.45) is 0 Å². The lowest BCUT2D eigenvalue weighted by molar-refractivity contribution is 0.105. The van der Waals surface area contributed by atoms with Gasteiger partial charge in [-0.15, -0.1) is 0 Å². The minimum atomic E-state index is -0.0521. The van der Waals surface area contributed by atoms with Crippen molar-refractivity contribution in [3.8, 4) is 5.75 Å². The number of carbonyl (C=O) groups is 1. The molecule has 4 aromatic rings. The van der Waals surface area contributed by atoms with Gasteiger partial charge in [0.2, 0.25) is 0 Å². The molecule has 2 heteroatoms. The van der Waals surface area contributed by atoms with E-state index < -0.39 is 0 Å². The Morgan fingerprint density at radius 1 is 0.750 bits per heavy atom. The van der Waals surface area contributed by atoms with Gasteiger partial charge in [0.1, 0.15) is 5.75 Å². The summed E-state index contributed by atoms with van der Waals surface area (Å²) < 4.78 is 5.56. The first-order valence-electron chi connectivity index (χ1n) is 9.20. The number of ether oxygens (including phenoxy) is 1. The molecule has 2 nitrogen and oxygen atoms in total. The zero-order valence-electron chi connectivity index (χ0n) is 15.6. The standard InChI is InChI=1S/C26H20O2/c1-28-24-17-16-21-14-8-9-15-22(21)25(24)26(27)23(20-12-6-3-7-13-20)18-19-10-4-2-5-11-19/h2-18H,1H3. The Morgan fingerprint density at radius 2 is 1.39 bits per heavy atom. The first-order chi connectivity index (χ1) is 13.8. The van der Waals surface area contributed by atoms with Crippen LogP contribution >= 0.6 is 0 Å². The maximum absolute atomic E-state index is 13.8. The molecule has 0 amide bonds. The van der Waals surface area contributed by atoms with Crippen LogP contribution in [0.15, 0.2) is 97.1 Å². The molecule has 0 atom stereocenters. The van der Waals surface area contributed by atoms with Crippen LogP contribution < -0.4 is 4.74 Å². The van der Waals surface area contributed by atoms with Gasteiger partial charge in [-0.2, -0.15) is 0 Å². The van der Waals surface area contributed by atoms with Gasteiger partial charge in [0.25, 0.3) is 0 Å². The number of benzene rings is 4. The molecule has 0 aliphatic rings. The molecule has 0 fully saturated rings. The first kappa shape index (κ1) is 17.7. The third-order valence-corrected chi connectivity index (χ3v) is 4.78. The zero-order valence-corrected chi connectivity index (χ0v) is 15.6. The minimum Gasteiger partial charge on any atom is -0.496 e. The lowest BCUT2D eigenvalue weighted by Crippen LogP contribution is -2.06. The second-order valence-electron chi connectivity index (χ2n) is 6.53. The number of fused-ring (bicyclic) bond motifs is 1. The van der Waals surface area contributed by atoms with Crippen LogP contribution in [-0.2, 0) is 0 Å². The Morgan fingerprint density at radius 3 is 2.11 bits per heavy atom. The molecule has 0 heterocycles. The van der Waals surface area contributed by atoms with E-state index >= 15 is 0 Å². The molecule has 0 saturated heterocycles. The molecule has 0 radical (unpaired) electrons. The Hall–Kier alpha value is -3.65. The predicted molar refractivity (Wildman–Crippen MR) is 116 cm³/mol. The summed E-state index contributed by atoms with van der Waals surface area (Å²) in [5, 5.41) is 1.90. The fourth-order valence-electron chi connectivity index (χ4n) is 3.40. The van der Waals surface area contributed by atoms with Crippen LogP contribution in [0.5, 0.6) is 5.75 Å². The third kappa shape index (κ3) is 3.45. The van der Waals surface area contributed by atoms with Gasteiger partial charge in [-0.1, -0.05) is 91.0 Å². The maximum atomic E-state index is 13.8. The molecule has 0 aliphatic heterocycles. The fourth-order valence-corrected chi connectivity index (χ4v) is 3.40. The largest absolute Gasteiger partial charge is 0.496 e. The van der Waals surface area contributed by atoms with Gasteiger partial charge < -0.3 is 4.74 Å². The minimum absolute atomic E-state index is 0.0521. The van der Waals surface area contributed by atoms with E-state index in [1.165, 1.54) is 0 Å². The number of methoxy groups -OCH3 is 1. The van der Waals surface area contributed by atoms with E-state index in [1.54, 1.807) is 7.11 Å². The van der Waals surface area contributed by atoms with Crippen molar-refractivity contribution in [3.63, 3.8) is 0 Å². The second-order valence-corrected chi connectivity index (χ2v) is 6.53. The van der Waals surface area contributed by atoms with Crippen molar-refractivity contribution in [1.29, 1.82) is 0 Å². The predicted octanol–water partition coefficient (Wildman–Crippen LogP) is 6.27. The highest BCUT2D eigenvalue weighted by molar-refractivity contribution is 6.36. The molecule has 4 rings (SSSR count). The summed E-state index contributed by atoms with van der Waals surface area (Å²) in [6.45, 7) is 0. The molecule has 136 valence electrons. The van der Waals surface area contributed by atoms with Crippen molar-refractivity contribution in [3.05, 3.63) is 114 Å². The number of Topliss-reactive ketones (excluding diaryl/α,β-unsaturated/α-hetero) is 1. The summed E-state index contributed by atoms with van der Waals surface area (Å²) in [5.41, 5.74) is 3.09. The van der Waals surface area contributed by atoms with Crippen LogP contribution in [0.3, 0.4) is 0 Å². The molecule has 0 aliphatic carbocycles. The van der Waals surface area contributed by atoms with Gasteiger partial charge >= 0.3 is 0 Å². The summed E-state index contributed by atoms with van der Waals surface area (Å²) in [4.78, 5) is 13.8. The van der Waals surface area contributed by atoms with Crippen molar-refractivity contribution in [1.82, 2.24) is 0 Å². The molecule has 0 aromatic heterocycles. The van der Waals surface area contributed by atoms with Gasteiger partial charge in [-0.3, -0.25) is 4.79 Å². The van der Waals surface area contributed by atoms with Crippen LogP contribution in [0.25, 0.3) is 22.4 Å². The van der Waals surface area contributed by atoms with E-state index in [9.17, 15) is 4.79 Å². The molecular weight excluding hydrogens is 344 g/mol. The van der Waals surface area contributed by atoms with E-state index in [2.05, 4.69) is 0 Å². The Bertz CT molecular complexity index is 1140. The van der Waals surface area contributed by atoms with Crippen LogP contribution in [0, 0.1) is 0 Å². The summed E-state index contributed by atoms with van der Waals surface area (Å²) in [7, 11) is 1.60. The molecule has 0 unspecified atom stereocenters. The highest BCUT2D eigenvalue weighted by Gasteiger charge is 2.21. The lowest BCUT2D eigenvalue weighted by Gasteiger charge is -2.14. The van der Waals surface area contributed by atoms with Crippen molar-refractivity contribution in [2.75, 3.05) is 7.11 Å². The second kappa shape index (κ2) is 7.93. The van der Waals surface area contributed by atoms with E-state index in [0.717, 1.165) is 21.9 Å². The van der Waals surface area contributed by atoms with E-state index in [0.29, 0.717) is 16.9 Å². The van der Waals surface area contributed by atoms with E-state index in [-0.39, 0.29) is 5.78 Å². The van der Waals surface area contributed by atoms with Crippen molar-refractivity contribution < 1.29 is 9.53 Å². The maximum Gasteiger partial charge on any atom is 0.198 e. The average Bonchev–Trinajstić information content (AvgIpc) is 2.77. The van der Waals surface area contributed by atoms with Crippen LogP contribution in [0.1, 0.15) is 21.5 Å². The summed E-state index contributed by atoms with van der Waals surface area (Å²) in [6.07, 6.45) is 1.94. The van der Waals surface area contributed by atoms with Crippen LogP contribution in [0.2, 0.25) is 0 Å². The van der Waals surface area contributed by atoms with Gasteiger partial charge in [0.05, 0.1) is 12.7 Å². The molecule has 0 spiro atoms. The number of ketones is 1. The molecule has 0 N–H and O–H groups in total. The van der Waals surface area contributed by atoms with Crippen molar-refractivity contribution in [2.45, 2.75) is 0 Å². The summed E-state index contributed by atoms with van der Waals surface area (Å²) in [5.74, 6) is 0.530. The van der Waals surface area contributed by atoms with Crippen LogP contribution in [0.4, 0.5) is 0 Å². The summed E-state index contributed by atoms with van der Waals surface area (Å²) in [6, 6.07) is 31.4. The SMILES string of the molecule is COc1ccc2ccccc2c1C(=O)C(=Cc1ccccc1)c1ccccc1. The summed E-state index contributed by atoms with van der Waals surface area (Å²) >= 11 is 0. The smallest absolute Gasteiger partial charge is 0.198 e. The third-order valence-electron chi connectivity index (χ3n) is 4.78. The van der Waals surface area contributed by atoms with Crippen molar-refractivity contribution >= 4 is 28.2 Å². The van der Waals surface area contributed by atoms with E-state index in [1.807, 2.05) is 103 Å². The number of rotatable bonds is 5. The van der Waals surface area contributed by atoms with Gasteiger partial charge in [0, 0.05) is 5.57 Å². The Balaban J connectivity index is 1.95.